The minimum Gasteiger partial charge on any atom is -0.357 e. The van der Waals surface area contributed by atoms with Gasteiger partial charge in [-0.1, -0.05) is 6.07 Å². The van der Waals surface area contributed by atoms with E-state index in [1.54, 1.807) is 11.3 Å². The zero-order chi connectivity index (χ0) is 21.4. The zero-order valence-electron chi connectivity index (χ0n) is 16.8. The van der Waals surface area contributed by atoms with Gasteiger partial charge in [0.15, 0.2) is 5.96 Å². The summed E-state index contributed by atoms with van der Waals surface area (Å²) in [5.41, 5.74) is 0.717. The highest BCUT2D eigenvalue weighted by Crippen LogP contribution is 2.17. The molecule has 0 fully saturated rings. The molecule has 0 atom stereocenters. The van der Waals surface area contributed by atoms with Gasteiger partial charge >= 0.3 is 0 Å². The number of rotatable bonds is 9. The molecule has 1 aromatic heterocycles. The Labute approximate surface area is 196 Å². The van der Waals surface area contributed by atoms with Crippen LogP contribution in [-0.4, -0.2) is 43.9 Å². The third-order valence-electron chi connectivity index (χ3n) is 3.84. The average Bonchev–Trinajstić information content (AvgIpc) is 3.00. The van der Waals surface area contributed by atoms with E-state index in [0.29, 0.717) is 19.0 Å². The SMILES string of the molecule is CCNC(=NCc1nc(C)c(C)s1)NCCNS(=O)(=O)c1cccc([N+](=O)[O-])c1.I. The summed E-state index contributed by atoms with van der Waals surface area (Å²) in [5, 5.41) is 17.9. The van der Waals surface area contributed by atoms with Crippen LogP contribution in [0.5, 0.6) is 0 Å². The second-order valence-electron chi connectivity index (χ2n) is 6.02. The van der Waals surface area contributed by atoms with Crippen LogP contribution in [0.4, 0.5) is 5.69 Å². The molecule has 2 aromatic rings. The van der Waals surface area contributed by atoms with Crippen LogP contribution in [0, 0.1) is 24.0 Å². The summed E-state index contributed by atoms with van der Waals surface area (Å²) in [6.07, 6.45) is 0. The Morgan fingerprint density at radius 3 is 2.60 bits per heavy atom. The van der Waals surface area contributed by atoms with Crippen molar-refractivity contribution in [3.8, 4) is 0 Å². The number of nitro benzene ring substituents is 1. The molecule has 0 amide bonds. The standard InChI is InChI=1S/C17H24N6O4S2.HI/c1-4-18-17(20-11-16-22-12(2)13(3)28-16)19-8-9-21-29(26,27)15-7-5-6-14(10-15)23(24)25;/h5-7,10,21H,4,8-9,11H2,1-3H3,(H2,18,19,20);1H. The van der Waals surface area contributed by atoms with Crippen molar-refractivity contribution in [1.82, 2.24) is 20.3 Å². The summed E-state index contributed by atoms with van der Waals surface area (Å²) < 4.78 is 27.0. The Balaban J connectivity index is 0.00000450. The summed E-state index contributed by atoms with van der Waals surface area (Å²) in [4.78, 5) is 20.1. The predicted molar refractivity (Wildman–Crippen MR) is 128 cm³/mol. The molecule has 0 aliphatic heterocycles. The lowest BCUT2D eigenvalue weighted by Gasteiger charge is -2.12. The first-order valence-electron chi connectivity index (χ1n) is 8.92. The predicted octanol–water partition coefficient (Wildman–Crippen LogP) is 2.32. The van der Waals surface area contributed by atoms with Crippen molar-refractivity contribution >= 4 is 57.0 Å². The Hall–Kier alpha value is -1.84. The van der Waals surface area contributed by atoms with Gasteiger partial charge in [0.2, 0.25) is 10.0 Å². The fraction of sp³-hybridized carbons (Fsp3) is 0.412. The summed E-state index contributed by atoms with van der Waals surface area (Å²) in [5.74, 6) is 0.549. The molecule has 1 aromatic carbocycles. The molecular weight excluding hydrogens is 543 g/mol. The first-order valence-corrected chi connectivity index (χ1v) is 11.2. The lowest BCUT2D eigenvalue weighted by Crippen LogP contribution is -2.41. The normalized spacial score (nSPS) is 11.6. The molecule has 13 heteroatoms. The third-order valence-corrected chi connectivity index (χ3v) is 6.35. The van der Waals surface area contributed by atoms with E-state index in [9.17, 15) is 18.5 Å². The second-order valence-corrected chi connectivity index (χ2v) is 9.08. The topological polar surface area (TPSA) is 139 Å². The molecule has 0 unspecified atom stereocenters. The maximum Gasteiger partial charge on any atom is 0.270 e. The van der Waals surface area contributed by atoms with E-state index in [4.69, 9.17) is 0 Å². The summed E-state index contributed by atoms with van der Waals surface area (Å²) in [6.45, 7) is 7.35. The number of sulfonamides is 1. The van der Waals surface area contributed by atoms with Crippen LogP contribution in [0.3, 0.4) is 0 Å². The maximum absolute atomic E-state index is 12.3. The van der Waals surface area contributed by atoms with Gasteiger partial charge in [-0.15, -0.1) is 35.3 Å². The number of nitrogens with one attached hydrogen (secondary N) is 3. The van der Waals surface area contributed by atoms with Crippen molar-refractivity contribution in [2.24, 2.45) is 4.99 Å². The molecule has 0 saturated carbocycles. The van der Waals surface area contributed by atoms with Crippen LogP contribution in [0.1, 0.15) is 22.5 Å². The van der Waals surface area contributed by atoms with Crippen LogP contribution in [0.15, 0.2) is 34.2 Å². The highest BCUT2D eigenvalue weighted by Gasteiger charge is 2.17. The molecule has 0 radical (unpaired) electrons. The Kier molecular flexibility index (Phi) is 10.6. The van der Waals surface area contributed by atoms with E-state index in [1.807, 2.05) is 20.8 Å². The van der Waals surface area contributed by atoms with E-state index in [1.165, 1.54) is 18.2 Å². The highest BCUT2D eigenvalue weighted by molar-refractivity contribution is 14.0. The summed E-state index contributed by atoms with van der Waals surface area (Å²) in [6, 6.07) is 4.92. The van der Waals surface area contributed by atoms with Gasteiger partial charge in [0, 0.05) is 36.6 Å². The quantitative estimate of drug-likeness (QED) is 0.105. The van der Waals surface area contributed by atoms with E-state index >= 15 is 0 Å². The van der Waals surface area contributed by atoms with Gasteiger partial charge in [-0.25, -0.2) is 23.1 Å². The average molecular weight is 568 g/mol. The number of nitrogens with zero attached hydrogens (tertiary/aromatic N) is 3. The van der Waals surface area contributed by atoms with Gasteiger partial charge in [-0.05, 0) is 26.8 Å². The number of nitro groups is 1. The molecular formula is C17H25IN6O4S2. The van der Waals surface area contributed by atoms with E-state index in [-0.39, 0.29) is 47.6 Å². The molecule has 1 heterocycles. The number of guanidine groups is 1. The molecule has 10 nitrogen and oxygen atoms in total. The number of aromatic nitrogens is 1. The number of non-ortho nitro benzene ring substituents is 1. The second kappa shape index (κ2) is 12.1. The van der Waals surface area contributed by atoms with Crippen molar-refractivity contribution in [2.45, 2.75) is 32.2 Å². The van der Waals surface area contributed by atoms with Crippen LogP contribution >= 0.6 is 35.3 Å². The molecule has 3 N–H and O–H groups in total. The van der Waals surface area contributed by atoms with Crippen molar-refractivity contribution < 1.29 is 13.3 Å². The van der Waals surface area contributed by atoms with E-state index < -0.39 is 14.9 Å². The number of hydrogen-bond acceptors (Lipinski definition) is 7. The largest absolute Gasteiger partial charge is 0.357 e. The third kappa shape index (κ3) is 7.77. The Bertz CT molecular complexity index is 974. The monoisotopic (exact) mass is 568 g/mol. The smallest absolute Gasteiger partial charge is 0.270 e. The fourth-order valence-corrected chi connectivity index (χ4v) is 4.24. The van der Waals surface area contributed by atoms with Gasteiger partial charge in [-0.3, -0.25) is 10.1 Å². The molecule has 0 bridgehead atoms. The van der Waals surface area contributed by atoms with Crippen LogP contribution < -0.4 is 15.4 Å². The highest BCUT2D eigenvalue weighted by atomic mass is 127. The lowest BCUT2D eigenvalue weighted by atomic mass is 10.3. The van der Waals surface area contributed by atoms with Gasteiger partial charge in [0.1, 0.15) is 5.01 Å². The van der Waals surface area contributed by atoms with Gasteiger partial charge < -0.3 is 10.6 Å². The Morgan fingerprint density at radius 1 is 1.27 bits per heavy atom. The van der Waals surface area contributed by atoms with E-state index in [2.05, 4.69) is 25.3 Å². The van der Waals surface area contributed by atoms with Crippen molar-refractivity contribution in [2.75, 3.05) is 19.6 Å². The molecule has 0 saturated heterocycles. The lowest BCUT2D eigenvalue weighted by molar-refractivity contribution is -0.385. The number of thiazole rings is 1. The molecule has 2 rings (SSSR count). The number of halogens is 1. The summed E-state index contributed by atoms with van der Waals surface area (Å²) in [7, 11) is -3.85. The number of aryl methyl sites for hydroxylation is 2. The van der Waals surface area contributed by atoms with Gasteiger partial charge in [-0.2, -0.15) is 0 Å². The fourth-order valence-electron chi connectivity index (χ4n) is 2.31. The zero-order valence-corrected chi connectivity index (χ0v) is 20.8. The van der Waals surface area contributed by atoms with Crippen LogP contribution in [0.25, 0.3) is 0 Å². The van der Waals surface area contributed by atoms with Crippen molar-refractivity contribution in [1.29, 1.82) is 0 Å². The van der Waals surface area contributed by atoms with Crippen molar-refractivity contribution in [3.63, 3.8) is 0 Å². The number of aliphatic imine (C=N–C) groups is 1. The maximum atomic E-state index is 12.3. The van der Waals surface area contributed by atoms with Crippen molar-refractivity contribution in [3.05, 3.63) is 50.0 Å². The summed E-state index contributed by atoms with van der Waals surface area (Å²) >= 11 is 1.59. The first-order chi connectivity index (χ1) is 13.7. The minimum absolute atomic E-state index is 0. The first kappa shape index (κ1) is 26.2. The molecule has 0 aliphatic carbocycles. The minimum atomic E-state index is -3.85. The van der Waals surface area contributed by atoms with Crippen LogP contribution in [0.2, 0.25) is 0 Å². The number of benzene rings is 1. The number of hydrogen-bond donors (Lipinski definition) is 3. The Morgan fingerprint density at radius 2 is 2.00 bits per heavy atom. The van der Waals surface area contributed by atoms with E-state index in [0.717, 1.165) is 21.6 Å². The molecule has 166 valence electrons. The van der Waals surface area contributed by atoms with Crippen LogP contribution in [-0.2, 0) is 16.6 Å². The van der Waals surface area contributed by atoms with Gasteiger partial charge in [0.05, 0.1) is 22.1 Å². The molecule has 0 aliphatic rings. The molecule has 30 heavy (non-hydrogen) atoms. The molecule has 0 spiro atoms. The van der Waals surface area contributed by atoms with Gasteiger partial charge in [0.25, 0.3) is 5.69 Å².